The van der Waals surface area contributed by atoms with Crippen LogP contribution in [0.3, 0.4) is 0 Å². The van der Waals surface area contributed by atoms with Crippen molar-refractivity contribution in [1.82, 2.24) is 0 Å². The standard InChI is InChI=1S/C30H36P.HI/c1-2-3-4-5-6-7-8-9-10-20-27-31(28-21-14-11-15-22-28,29-23-16-12-17-24-29)30-25-18-13-19-26-30;/h6-7,9-19,21-26H,2-5,8,20,27H2,1H3;1H/q+1;/p-1/b7-6-,10-9-;. The zero-order valence-corrected chi connectivity index (χ0v) is 22.3. The molecule has 3 aromatic carbocycles. The van der Waals surface area contributed by atoms with Gasteiger partial charge in [-0.25, -0.2) is 0 Å². The SMILES string of the molecule is CCCCC/C=C\C/C=C\CC[P+](c1ccccc1)(c1ccccc1)c1ccccc1.[I-]. The second-order valence-corrected chi connectivity index (χ2v) is 11.6. The van der Waals surface area contributed by atoms with E-state index in [0.717, 1.165) is 19.0 Å². The lowest BCUT2D eigenvalue weighted by Gasteiger charge is -2.27. The Balaban J connectivity index is 0.00000363. The summed E-state index contributed by atoms with van der Waals surface area (Å²) in [6.45, 7) is 2.26. The van der Waals surface area contributed by atoms with E-state index in [1.165, 1.54) is 41.6 Å². The molecule has 0 bridgehead atoms. The summed E-state index contributed by atoms with van der Waals surface area (Å²) in [5.41, 5.74) is 0. The summed E-state index contributed by atoms with van der Waals surface area (Å²) >= 11 is 0. The fourth-order valence-corrected chi connectivity index (χ4v) is 8.42. The molecule has 0 fully saturated rings. The first-order chi connectivity index (χ1) is 15.4. The molecule has 3 rings (SSSR count). The maximum atomic E-state index is 2.39. The molecule has 0 spiro atoms. The summed E-state index contributed by atoms with van der Waals surface area (Å²) in [7, 11) is -1.70. The third kappa shape index (κ3) is 7.42. The Morgan fingerprint density at radius 3 is 1.44 bits per heavy atom. The van der Waals surface area contributed by atoms with Crippen LogP contribution in [-0.2, 0) is 0 Å². The Hall–Kier alpha value is -1.70. The van der Waals surface area contributed by atoms with Gasteiger partial charge >= 0.3 is 0 Å². The first-order valence-electron chi connectivity index (χ1n) is 11.7. The Morgan fingerprint density at radius 1 is 0.562 bits per heavy atom. The van der Waals surface area contributed by atoms with Crippen LogP contribution in [0.1, 0.15) is 45.4 Å². The fraction of sp³-hybridized carbons (Fsp3) is 0.267. The van der Waals surface area contributed by atoms with Crippen molar-refractivity contribution in [3.8, 4) is 0 Å². The lowest BCUT2D eigenvalue weighted by molar-refractivity contribution is -0.00000619. The van der Waals surface area contributed by atoms with Crippen LogP contribution in [0.25, 0.3) is 0 Å². The van der Waals surface area contributed by atoms with Gasteiger partial charge in [0.05, 0.1) is 6.16 Å². The molecule has 0 amide bonds. The lowest BCUT2D eigenvalue weighted by atomic mass is 10.2. The average molecular weight is 554 g/mol. The third-order valence-electron chi connectivity index (χ3n) is 5.80. The Labute approximate surface area is 213 Å². The molecule has 0 aliphatic carbocycles. The van der Waals surface area contributed by atoms with Crippen LogP contribution in [0, 0.1) is 0 Å². The molecule has 0 aliphatic rings. The van der Waals surface area contributed by atoms with Crippen LogP contribution < -0.4 is 39.9 Å². The van der Waals surface area contributed by atoms with E-state index in [0.29, 0.717) is 0 Å². The van der Waals surface area contributed by atoms with Crippen molar-refractivity contribution in [1.29, 1.82) is 0 Å². The summed E-state index contributed by atoms with van der Waals surface area (Å²) < 4.78 is 0. The molecule has 0 N–H and O–H groups in total. The van der Waals surface area contributed by atoms with Crippen molar-refractivity contribution in [3.05, 3.63) is 115 Å². The third-order valence-corrected chi connectivity index (χ3v) is 10.3. The highest BCUT2D eigenvalue weighted by Gasteiger charge is 2.44. The van der Waals surface area contributed by atoms with E-state index in [4.69, 9.17) is 0 Å². The van der Waals surface area contributed by atoms with Crippen LogP contribution in [0.4, 0.5) is 0 Å². The predicted octanol–water partition coefficient (Wildman–Crippen LogP) is 4.46. The Kier molecular flexibility index (Phi) is 12.6. The summed E-state index contributed by atoms with van der Waals surface area (Å²) in [4.78, 5) is 0. The van der Waals surface area contributed by atoms with Crippen LogP contribution in [-0.4, -0.2) is 6.16 Å². The minimum absolute atomic E-state index is 0. The van der Waals surface area contributed by atoms with Gasteiger partial charge in [0.2, 0.25) is 0 Å². The van der Waals surface area contributed by atoms with Gasteiger partial charge in [0.15, 0.2) is 0 Å². The number of hydrogen-bond donors (Lipinski definition) is 0. The van der Waals surface area contributed by atoms with E-state index in [1.54, 1.807) is 0 Å². The average Bonchev–Trinajstić information content (AvgIpc) is 2.84. The van der Waals surface area contributed by atoms with Gasteiger partial charge < -0.3 is 24.0 Å². The minimum atomic E-state index is -1.70. The highest BCUT2D eigenvalue weighted by atomic mass is 127. The Morgan fingerprint density at radius 2 is 1.00 bits per heavy atom. The molecule has 0 heterocycles. The van der Waals surface area contributed by atoms with Crippen LogP contribution in [0.5, 0.6) is 0 Å². The van der Waals surface area contributed by atoms with Crippen LogP contribution in [0.2, 0.25) is 0 Å². The van der Waals surface area contributed by atoms with Crippen molar-refractivity contribution >= 4 is 23.2 Å². The summed E-state index contributed by atoms with van der Waals surface area (Å²) in [5.74, 6) is 0. The number of benzene rings is 3. The maximum Gasteiger partial charge on any atom is 0.112 e. The molecule has 0 saturated carbocycles. The largest absolute Gasteiger partial charge is 1.00 e. The van der Waals surface area contributed by atoms with Gasteiger partial charge in [-0.05, 0) is 55.7 Å². The van der Waals surface area contributed by atoms with E-state index in [1.807, 2.05) is 0 Å². The lowest BCUT2D eigenvalue weighted by Crippen LogP contribution is -3.00. The van der Waals surface area contributed by atoms with Gasteiger partial charge in [-0.2, -0.15) is 0 Å². The molecule has 0 atom stereocenters. The van der Waals surface area contributed by atoms with E-state index in [2.05, 4.69) is 122 Å². The normalized spacial score (nSPS) is 11.7. The number of halogens is 1. The number of allylic oxidation sites excluding steroid dienone is 4. The zero-order valence-electron chi connectivity index (χ0n) is 19.2. The second-order valence-electron chi connectivity index (χ2n) is 8.00. The summed E-state index contributed by atoms with van der Waals surface area (Å²) in [6, 6.07) is 33.5. The number of hydrogen-bond acceptors (Lipinski definition) is 0. The molecule has 0 radical (unpaired) electrons. The van der Waals surface area contributed by atoms with Crippen molar-refractivity contribution < 1.29 is 24.0 Å². The van der Waals surface area contributed by atoms with Gasteiger partial charge in [0, 0.05) is 6.42 Å². The molecular formula is C30H36IP. The van der Waals surface area contributed by atoms with E-state index in [-0.39, 0.29) is 24.0 Å². The number of rotatable bonds is 12. The molecule has 0 nitrogen and oxygen atoms in total. The second kappa shape index (κ2) is 15.2. The maximum absolute atomic E-state index is 2.39. The summed E-state index contributed by atoms with van der Waals surface area (Å²) in [5, 5.41) is 4.41. The molecule has 0 unspecified atom stereocenters. The summed E-state index contributed by atoms with van der Waals surface area (Å²) in [6.07, 6.45) is 17.8. The molecule has 0 aliphatic heterocycles. The highest BCUT2D eigenvalue weighted by Crippen LogP contribution is 2.55. The van der Waals surface area contributed by atoms with Crippen molar-refractivity contribution in [3.63, 3.8) is 0 Å². The monoisotopic (exact) mass is 554 g/mol. The van der Waals surface area contributed by atoms with Gasteiger partial charge in [0.1, 0.15) is 23.2 Å². The first kappa shape index (κ1) is 26.6. The Bertz CT molecular complexity index is 820. The van der Waals surface area contributed by atoms with Gasteiger partial charge in [0.25, 0.3) is 0 Å². The van der Waals surface area contributed by atoms with Gasteiger partial charge in [-0.3, -0.25) is 0 Å². The minimum Gasteiger partial charge on any atom is -1.00 e. The van der Waals surface area contributed by atoms with Crippen LogP contribution in [0.15, 0.2) is 115 Å². The fourth-order valence-electron chi connectivity index (χ4n) is 4.17. The molecule has 0 saturated heterocycles. The smallest absolute Gasteiger partial charge is 0.112 e. The molecule has 0 aromatic heterocycles. The first-order valence-corrected chi connectivity index (χ1v) is 13.7. The van der Waals surface area contributed by atoms with Crippen molar-refractivity contribution in [2.24, 2.45) is 0 Å². The van der Waals surface area contributed by atoms with E-state index >= 15 is 0 Å². The van der Waals surface area contributed by atoms with Gasteiger partial charge in [-0.1, -0.05) is 98.7 Å². The van der Waals surface area contributed by atoms with E-state index in [9.17, 15) is 0 Å². The van der Waals surface area contributed by atoms with Crippen molar-refractivity contribution in [2.45, 2.75) is 45.4 Å². The molecule has 3 aromatic rings. The highest BCUT2D eigenvalue weighted by molar-refractivity contribution is 7.95. The van der Waals surface area contributed by atoms with Crippen molar-refractivity contribution in [2.75, 3.05) is 6.16 Å². The van der Waals surface area contributed by atoms with Gasteiger partial charge in [-0.15, -0.1) is 0 Å². The topological polar surface area (TPSA) is 0 Å². The predicted molar refractivity (Wildman–Crippen MR) is 142 cm³/mol. The number of unbranched alkanes of at least 4 members (excludes halogenated alkanes) is 3. The zero-order chi connectivity index (χ0) is 21.6. The molecule has 32 heavy (non-hydrogen) atoms. The van der Waals surface area contributed by atoms with Crippen LogP contribution >= 0.6 is 7.26 Å². The molecule has 168 valence electrons. The quantitative estimate of drug-likeness (QED) is 0.134. The molecule has 2 heteroatoms. The molecular weight excluding hydrogens is 518 g/mol. The van der Waals surface area contributed by atoms with E-state index < -0.39 is 7.26 Å².